The molecule has 1 aromatic carbocycles. The molecule has 0 saturated carbocycles. The molecule has 1 atom stereocenters. The van der Waals surface area contributed by atoms with Crippen LogP contribution in [-0.4, -0.2) is 21.8 Å². The summed E-state index contributed by atoms with van der Waals surface area (Å²) >= 11 is 1.37. The summed E-state index contributed by atoms with van der Waals surface area (Å²) in [4.78, 5) is 15.3. The average molecular weight is 248 g/mol. The average Bonchev–Trinajstić information content (AvgIpc) is 2.72. The highest BCUT2D eigenvalue weighted by molar-refractivity contribution is 7.20. The van der Waals surface area contributed by atoms with Gasteiger partial charge >= 0.3 is 5.97 Å². The van der Waals surface area contributed by atoms with Gasteiger partial charge in [0, 0.05) is 0 Å². The summed E-state index contributed by atoms with van der Waals surface area (Å²) in [6, 6.07) is 7.57. The summed E-state index contributed by atoms with van der Waals surface area (Å²) in [5.74, 6) is -1.73. The number of hydrogen-bond acceptors (Lipinski definition) is 4. The van der Waals surface area contributed by atoms with E-state index in [2.05, 4.69) is 4.98 Å². The molecular weight excluding hydrogens is 236 g/mol. The Hall–Kier alpha value is -1.75. The number of nitrogens with zero attached hydrogens (tertiary/aromatic N) is 1. The number of fused-ring (bicyclic) bond motifs is 1. The number of carboxylic acids is 1. The van der Waals surface area contributed by atoms with Crippen LogP contribution in [0.3, 0.4) is 0 Å². The zero-order chi connectivity index (χ0) is 12.4. The number of aromatic nitrogens is 1. The van der Waals surface area contributed by atoms with E-state index >= 15 is 0 Å². The maximum Gasteiger partial charge on any atom is 0.312 e. The highest BCUT2D eigenvalue weighted by Crippen LogP contribution is 2.24. The lowest BCUT2D eigenvalue weighted by molar-refractivity contribution is -0.139. The Balaban J connectivity index is 2.39. The molecule has 0 aliphatic rings. The van der Waals surface area contributed by atoms with Crippen molar-refractivity contribution in [3.8, 4) is 0 Å². The number of nitrogens with one attached hydrogen (secondary N) is 1. The third-order valence-corrected chi connectivity index (χ3v) is 3.65. The van der Waals surface area contributed by atoms with Gasteiger partial charge in [-0.05, 0) is 18.6 Å². The largest absolute Gasteiger partial charge is 0.481 e. The van der Waals surface area contributed by atoms with Gasteiger partial charge in [0.25, 0.3) is 0 Å². The minimum atomic E-state index is -0.961. The number of hydrogen-bond donors (Lipinski definition) is 2. The molecule has 5 heteroatoms. The van der Waals surface area contributed by atoms with Crippen LogP contribution in [0.4, 0.5) is 0 Å². The van der Waals surface area contributed by atoms with Crippen LogP contribution in [0.2, 0.25) is 0 Å². The van der Waals surface area contributed by atoms with E-state index in [4.69, 9.17) is 10.5 Å². The smallest absolute Gasteiger partial charge is 0.312 e. The van der Waals surface area contributed by atoms with Crippen LogP contribution < -0.4 is 0 Å². The van der Waals surface area contributed by atoms with Gasteiger partial charge in [0.05, 0.1) is 15.9 Å². The number of para-hydroxylation sites is 1. The first-order valence-corrected chi connectivity index (χ1v) is 6.12. The molecule has 0 radical (unpaired) electrons. The highest BCUT2D eigenvalue weighted by Gasteiger charge is 2.24. The fraction of sp³-hybridized carbons (Fsp3) is 0.250. The molecule has 0 aliphatic heterocycles. The molecular formula is C12H12N2O2S. The van der Waals surface area contributed by atoms with Crippen molar-refractivity contribution in [1.82, 2.24) is 4.98 Å². The Labute approximate surface area is 102 Å². The molecule has 2 N–H and O–H groups in total. The number of rotatable bonds is 4. The van der Waals surface area contributed by atoms with Crippen LogP contribution in [0.1, 0.15) is 18.4 Å². The van der Waals surface area contributed by atoms with Crippen molar-refractivity contribution in [2.75, 3.05) is 0 Å². The van der Waals surface area contributed by atoms with E-state index in [0.717, 1.165) is 10.2 Å². The second-order valence-corrected chi connectivity index (χ2v) is 4.73. The molecule has 4 nitrogen and oxygen atoms in total. The Morgan fingerprint density at radius 1 is 1.53 bits per heavy atom. The minimum Gasteiger partial charge on any atom is -0.481 e. The third kappa shape index (κ3) is 2.19. The van der Waals surface area contributed by atoms with E-state index in [1.807, 2.05) is 24.3 Å². The number of carboxylic acid groups (broad SMARTS) is 1. The van der Waals surface area contributed by atoms with E-state index in [1.54, 1.807) is 6.92 Å². The van der Waals surface area contributed by atoms with Gasteiger partial charge in [-0.15, -0.1) is 11.3 Å². The van der Waals surface area contributed by atoms with E-state index in [1.165, 1.54) is 11.3 Å². The van der Waals surface area contributed by atoms with Crippen molar-refractivity contribution in [2.45, 2.75) is 13.3 Å². The molecule has 88 valence electrons. The van der Waals surface area contributed by atoms with E-state index in [-0.39, 0.29) is 5.71 Å². The van der Waals surface area contributed by atoms with Gasteiger partial charge in [-0.2, -0.15) is 0 Å². The van der Waals surface area contributed by atoms with Crippen molar-refractivity contribution >= 4 is 33.2 Å². The first kappa shape index (κ1) is 11.7. The van der Waals surface area contributed by atoms with Crippen molar-refractivity contribution in [3.05, 3.63) is 29.3 Å². The third-order valence-electron chi connectivity index (χ3n) is 2.58. The van der Waals surface area contributed by atoms with Gasteiger partial charge in [0.1, 0.15) is 10.9 Å². The second-order valence-electron chi connectivity index (χ2n) is 3.70. The topological polar surface area (TPSA) is 74.0 Å². The number of benzene rings is 1. The molecule has 0 aliphatic carbocycles. The van der Waals surface area contributed by atoms with Crippen LogP contribution in [0, 0.1) is 11.3 Å². The first-order chi connectivity index (χ1) is 8.13. The summed E-state index contributed by atoms with van der Waals surface area (Å²) < 4.78 is 0.979. The zero-order valence-electron chi connectivity index (χ0n) is 9.30. The van der Waals surface area contributed by atoms with Crippen LogP contribution in [0.5, 0.6) is 0 Å². The lowest BCUT2D eigenvalue weighted by Crippen LogP contribution is -2.22. The molecule has 0 bridgehead atoms. The van der Waals surface area contributed by atoms with Gasteiger partial charge in [-0.1, -0.05) is 19.1 Å². The predicted octanol–water partition coefficient (Wildman–Crippen LogP) is 2.77. The summed E-state index contributed by atoms with van der Waals surface area (Å²) in [7, 11) is 0. The summed E-state index contributed by atoms with van der Waals surface area (Å²) in [6.07, 6.45) is 0.407. The minimum absolute atomic E-state index is 0.0983. The maximum absolute atomic E-state index is 11.0. The first-order valence-electron chi connectivity index (χ1n) is 5.30. The Morgan fingerprint density at radius 3 is 2.82 bits per heavy atom. The molecule has 0 saturated heterocycles. The fourth-order valence-corrected chi connectivity index (χ4v) is 2.61. The van der Waals surface area contributed by atoms with Crippen molar-refractivity contribution in [2.24, 2.45) is 5.92 Å². The van der Waals surface area contributed by atoms with Crippen molar-refractivity contribution in [1.29, 1.82) is 5.41 Å². The summed E-state index contributed by atoms with van der Waals surface area (Å²) in [5.41, 5.74) is 0.915. The normalized spacial score (nSPS) is 12.5. The fourth-order valence-electron chi connectivity index (χ4n) is 1.64. The molecule has 0 unspecified atom stereocenters. The predicted molar refractivity (Wildman–Crippen MR) is 67.9 cm³/mol. The van der Waals surface area contributed by atoms with E-state index < -0.39 is 11.9 Å². The lowest BCUT2D eigenvalue weighted by atomic mass is 10.0. The van der Waals surface area contributed by atoms with Gasteiger partial charge in [-0.3, -0.25) is 4.79 Å². The summed E-state index contributed by atoms with van der Waals surface area (Å²) in [5, 5.41) is 17.4. The molecule has 1 heterocycles. The number of carbonyl (C=O) groups is 1. The van der Waals surface area contributed by atoms with Crippen LogP contribution in [0.15, 0.2) is 24.3 Å². The monoisotopic (exact) mass is 248 g/mol. The quantitative estimate of drug-likeness (QED) is 0.817. The Morgan fingerprint density at radius 2 is 2.24 bits per heavy atom. The Kier molecular flexibility index (Phi) is 3.19. The highest BCUT2D eigenvalue weighted by atomic mass is 32.1. The molecule has 2 aromatic rings. The van der Waals surface area contributed by atoms with Crippen LogP contribution >= 0.6 is 11.3 Å². The van der Waals surface area contributed by atoms with Crippen LogP contribution in [-0.2, 0) is 4.79 Å². The van der Waals surface area contributed by atoms with Crippen LogP contribution in [0.25, 0.3) is 10.2 Å². The molecule has 2 rings (SSSR count). The van der Waals surface area contributed by atoms with Crippen molar-refractivity contribution < 1.29 is 9.90 Å². The van der Waals surface area contributed by atoms with E-state index in [9.17, 15) is 4.79 Å². The van der Waals surface area contributed by atoms with Gasteiger partial charge in [0.15, 0.2) is 0 Å². The number of thiazole rings is 1. The second kappa shape index (κ2) is 4.63. The van der Waals surface area contributed by atoms with Gasteiger partial charge in [0.2, 0.25) is 0 Å². The summed E-state index contributed by atoms with van der Waals surface area (Å²) in [6.45, 7) is 1.76. The SMILES string of the molecule is CC[C@@H](C(=N)c1nc2ccccc2s1)C(=O)O. The molecule has 1 aromatic heterocycles. The Bertz CT molecular complexity index is 544. The van der Waals surface area contributed by atoms with Crippen molar-refractivity contribution in [3.63, 3.8) is 0 Å². The molecule has 0 spiro atoms. The zero-order valence-corrected chi connectivity index (χ0v) is 10.1. The molecule has 0 fully saturated rings. The van der Waals surface area contributed by atoms with Gasteiger partial charge < -0.3 is 10.5 Å². The lowest BCUT2D eigenvalue weighted by Gasteiger charge is -2.08. The molecule has 17 heavy (non-hydrogen) atoms. The standard InChI is InChI=1S/C12H12N2O2S/c1-2-7(12(15)16)10(13)11-14-8-5-3-4-6-9(8)17-11/h3-7,13H,2H2,1H3,(H,15,16)/t7-/m0/s1. The van der Waals surface area contributed by atoms with Gasteiger partial charge in [-0.25, -0.2) is 4.98 Å². The maximum atomic E-state index is 11.0. The number of aliphatic carboxylic acids is 1. The van der Waals surface area contributed by atoms with E-state index in [0.29, 0.717) is 11.4 Å². The molecule has 0 amide bonds.